The van der Waals surface area contributed by atoms with Crippen LogP contribution in [0.25, 0.3) is 0 Å². The van der Waals surface area contributed by atoms with Gasteiger partial charge in [-0.1, -0.05) is 23.5 Å². The van der Waals surface area contributed by atoms with Gasteiger partial charge in [0.1, 0.15) is 10.8 Å². The van der Waals surface area contributed by atoms with E-state index in [-0.39, 0.29) is 0 Å². The first-order chi connectivity index (χ1) is 6.75. The van der Waals surface area contributed by atoms with Crippen LogP contribution in [0.15, 0.2) is 34.9 Å². The first kappa shape index (κ1) is 9.48. The van der Waals surface area contributed by atoms with E-state index in [4.69, 9.17) is 10.5 Å². The van der Waals surface area contributed by atoms with Crippen molar-refractivity contribution < 1.29 is 4.74 Å². The molecule has 14 heavy (non-hydrogen) atoms. The van der Waals surface area contributed by atoms with Crippen molar-refractivity contribution in [3.8, 4) is 10.9 Å². The molecule has 0 aliphatic heterocycles. The number of thiazole rings is 1. The lowest BCUT2D eigenvalue weighted by Crippen LogP contribution is -1.82. The predicted molar refractivity (Wildman–Crippen MR) is 60.7 cm³/mol. The van der Waals surface area contributed by atoms with Gasteiger partial charge in [-0.15, -0.1) is 0 Å². The minimum atomic E-state index is 0.550. The van der Waals surface area contributed by atoms with E-state index < -0.39 is 0 Å². The maximum atomic E-state index is 5.53. The predicted octanol–water partition coefficient (Wildman–Crippen LogP) is 3.28. The maximum Gasteiger partial charge on any atom is 0.280 e. The summed E-state index contributed by atoms with van der Waals surface area (Å²) >= 11 is 4.70. The molecule has 0 aliphatic rings. The summed E-state index contributed by atoms with van der Waals surface area (Å²) in [6.07, 6.45) is 1.58. The highest BCUT2D eigenvalue weighted by Crippen LogP contribution is 2.32. The van der Waals surface area contributed by atoms with Crippen LogP contribution in [0.2, 0.25) is 0 Å². The Hall–Kier alpha value is -1.07. The fourth-order valence-corrected chi connectivity index (χ4v) is 1.85. The lowest BCUT2D eigenvalue weighted by atomic mass is 10.3. The molecule has 5 heteroatoms. The monoisotopic (exact) mass is 270 g/mol. The molecule has 0 saturated carbocycles. The first-order valence-electron chi connectivity index (χ1n) is 3.89. The number of hydrogen-bond donors (Lipinski definition) is 1. The van der Waals surface area contributed by atoms with E-state index in [0.717, 1.165) is 10.2 Å². The van der Waals surface area contributed by atoms with Crippen molar-refractivity contribution in [2.45, 2.75) is 0 Å². The molecule has 2 aromatic rings. The molecule has 0 aliphatic carbocycles. The summed E-state index contributed by atoms with van der Waals surface area (Å²) in [7, 11) is 0. The molecule has 0 bridgehead atoms. The smallest absolute Gasteiger partial charge is 0.280 e. The van der Waals surface area contributed by atoms with Crippen LogP contribution < -0.4 is 10.5 Å². The minimum absolute atomic E-state index is 0.550. The summed E-state index contributed by atoms with van der Waals surface area (Å²) in [4.78, 5) is 4.00. The van der Waals surface area contributed by atoms with Gasteiger partial charge in [0, 0.05) is 0 Å². The highest BCUT2D eigenvalue weighted by molar-refractivity contribution is 9.10. The Morgan fingerprint density at radius 3 is 2.79 bits per heavy atom. The number of nitrogen functional groups attached to an aromatic ring is 1. The summed E-state index contributed by atoms with van der Waals surface area (Å²) in [6, 6.07) is 7.60. The zero-order valence-corrected chi connectivity index (χ0v) is 9.51. The largest absolute Gasteiger partial charge is 0.430 e. The second-order valence-corrected chi connectivity index (χ2v) is 4.44. The highest BCUT2D eigenvalue weighted by atomic mass is 79.9. The van der Waals surface area contributed by atoms with Crippen molar-refractivity contribution in [2.75, 3.05) is 5.73 Å². The standard InChI is InChI=1S/C9H7BrN2OS/c10-6-3-1-2-4-7(6)13-9-12-5-8(11)14-9/h1-5H,11H2. The number of halogens is 1. The molecule has 72 valence electrons. The molecular formula is C9H7BrN2OS. The number of para-hydroxylation sites is 1. The SMILES string of the molecule is Nc1cnc(Oc2ccccc2Br)s1. The average Bonchev–Trinajstić information content (AvgIpc) is 2.56. The second-order valence-electron chi connectivity index (χ2n) is 2.56. The van der Waals surface area contributed by atoms with Crippen LogP contribution in [-0.2, 0) is 0 Å². The molecule has 0 unspecified atom stereocenters. The van der Waals surface area contributed by atoms with E-state index in [1.807, 2.05) is 24.3 Å². The van der Waals surface area contributed by atoms with Gasteiger partial charge in [0.05, 0.1) is 10.7 Å². The molecule has 0 atom stereocenters. The van der Waals surface area contributed by atoms with Gasteiger partial charge < -0.3 is 10.5 Å². The zero-order valence-electron chi connectivity index (χ0n) is 7.11. The van der Waals surface area contributed by atoms with Crippen LogP contribution >= 0.6 is 27.3 Å². The summed E-state index contributed by atoms with van der Waals surface area (Å²) in [6.45, 7) is 0. The quantitative estimate of drug-likeness (QED) is 0.911. The summed E-state index contributed by atoms with van der Waals surface area (Å²) in [5.41, 5.74) is 5.53. The molecule has 0 saturated heterocycles. The van der Waals surface area contributed by atoms with Crippen molar-refractivity contribution >= 4 is 32.3 Å². The van der Waals surface area contributed by atoms with Crippen LogP contribution in [-0.4, -0.2) is 4.98 Å². The Morgan fingerprint density at radius 1 is 1.36 bits per heavy atom. The zero-order chi connectivity index (χ0) is 9.97. The first-order valence-corrected chi connectivity index (χ1v) is 5.50. The molecule has 2 rings (SSSR count). The molecular weight excluding hydrogens is 264 g/mol. The van der Waals surface area contributed by atoms with Gasteiger partial charge in [-0.25, -0.2) is 4.98 Å². The van der Waals surface area contributed by atoms with Crippen molar-refractivity contribution in [3.05, 3.63) is 34.9 Å². The normalized spacial score (nSPS) is 10.1. The molecule has 0 radical (unpaired) electrons. The van der Waals surface area contributed by atoms with Crippen LogP contribution in [0, 0.1) is 0 Å². The minimum Gasteiger partial charge on any atom is -0.430 e. The summed E-state index contributed by atoms with van der Waals surface area (Å²) in [5.74, 6) is 0.738. The number of nitrogens with zero attached hydrogens (tertiary/aromatic N) is 1. The van der Waals surface area contributed by atoms with Crippen molar-refractivity contribution in [1.82, 2.24) is 4.98 Å². The maximum absolute atomic E-state index is 5.53. The Kier molecular flexibility index (Phi) is 2.69. The van der Waals surface area contributed by atoms with E-state index in [1.54, 1.807) is 6.20 Å². The number of hydrogen-bond acceptors (Lipinski definition) is 4. The molecule has 0 spiro atoms. The van der Waals surface area contributed by atoms with E-state index in [1.165, 1.54) is 11.3 Å². The van der Waals surface area contributed by atoms with Gasteiger partial charge in [-0.2, -0.15) is 0 Å². The third-order valence-corrected chi connectivity index (χ3v) is 2.90. The number of anilines is 1. The fraction of sp³-hybridized carbons (Fsp3) is 0. The van der Waals surface area contributed by atoms with Crippen LogP contribution in [0.3, 0.4) is 0 Å². The fourth-order valence-electron chi connectivity index (χ4n) is 0.939. The third-order valence-electron chi connectivity index (χ3n) is 1.54. The van der Waals surface area contributed by atoms with Crippen LogP contribution in [0.4, 0.5) is 5.00 Å². The number of ether oxygens (including phenoxy) is 1. The highest BCUT2D eigenvalue weighted by Gasteiger charge is 2.04. The van der Waals surface area contributed by atoms with Crippen LogP contribution in [0.1, 0.15) is 0 Å². The number of nitrogens with two attached hydrogens (primary N) is 1. The molecule has 1 aromatic heterocycles. The van der Waals surface area contributed by atoms with Gasteiger partial charge in [0.25, 0.3) is 5.19 Å². The van der Waals surface area contributed by atoms with E-state index in [2.05, 4.69) is 20.9 Å². The number of rotatable bonds is 2. The number of benzene rings is 1. The van der Waals surface area contributed by atoms with Gasteiger partial charge in [-0.05, 0) is 28.1 Å². The average molecular weight is 271 g/mol. The van der Waals surface area contributed by atoms with E-state index >= 15 is 0 Å². The molecule has 0 amide bonds. The Labute approximate surface area is 93.7 Å². The number of aromatic nitrogens is 1. The Morgan fingerprint density at radius 2 is 2.14 bits per heavy atom. The Bertz CT molecular complexity index is 444. The summed E-state index contributed by atoms with van der Waals surface area (Å²) in [5, 5.41) is 1.20. The second kappa shape index (κ2) is 3.98. The Balaban J connectivity index is 2.23. The molecule has 1 aromatic carbocycles. The van der Waals surface area contributed by atoms with Crippen molar-refractivity contribution in [1.29, 1.82) is 0 Å². The topological polar surface area (TPSA) is 48.1 Å². The van der Waals surface area contributed by atoms with Gasteiger partial charge >= 0.3 is 0 Å². The third kappa shape index (κ3) is 2.05. The van der Waals surface area contributed by atoms with Gasteiger partial charge in [0.2, 0.25) is 0 Å². The van der Waals surface area contributed by atoms with E-state index in [9.17, 15) is 0 Å². The van der Waals surface area contributed by atoms with Crippen molar-refractivity contribution in [3.63, 3.8) is 0 Å². The van der Waals surface area contributed by atoms with Gasteiger partial charge in [0.15, 0.2) is 0 Å². The molecule has 0 fully saturated rings. The molecule has 1 heterocycles. The molecule has 3 nitrogen and oxygen atoms in total. The molecule has 2 N–H and O–H groups in total. The van der Waals surface area contributed by atoms with Crippen LogP contribution in [0.5, 0.6) is 10.9 Å². The van der Waals surface area contributed by atoms with Crippen molar-refractivity contribution in [2.24, 2.45) is 0 Å². The summed E-state index contributed by atoms with van der Waals surface area (Å²) < 4.78 is 6.41. The lowest BCUT2D eigenvalue weighted by molar-refractivity contribution is 0.476. The van der Waals surface area contributed by atoms with Gasteiger partial charge in [-0.3, -0.25) is 0 Å². The lowest BCUT2D eigenvalue weighted by Gasteiger charge is -2.02. The van der Waals surface area contributed by atoms with E-state index in [0.29, 0.717) is 10.2 Å².